The van der Waals surface area contributed by atoms with E-state index in [9.17, 15) is 4.79 Å². The summed E-state index contributed by atoms with van der Waals surface area (Å²) in [4.78, 5) is 15.9. The van der Waals surface area contributed by atoms with Crippen molar-refractivity contribution in [3.05, 3.63) is 34.6 Å². The molecule has 0 atom stereocenters. The second kappa shape index (κ2) is 4.28. The third kappa shape index (κ3) is 1.87. The first-order valence-electron chi connectivity index (χ1n) is 4.85. The van der Waals surface area contributed by atoms with Crippen molar-refractivity contribution in [3.8, 4) is 11.4 Å². The Morgan fingerprint density at radius 3 is 3.12 bits per heavy atom. The highest BCUT2D eigenvalue weighted by atomic mass is 16.5. The molecule has 0 aromatic carbocycles. The molecule has 0 aliphatic heterocycles. The Morgan fingerprint density at radius 2 is 2.38 bits per heavy atom. The molecule has 6 nitrogen and oxygen atoms in total. The molecule has 0 aliphatic rings. The summed E-state index contributed by atoms with van der Waals surface area (Å²) in [7, 11) is 3.46. The summed E-state index contributed by atoms with van der Waals surface area (Å²) in [5.74, 6) is 0.787. The smallest absolute Gasteiger partial charge is 0.261 e. The molecular formula is C10H12N4O2. The van der Waals surface area contributed by atoms with E-state index in [0.29, 0.717) is 23.8 Å². The summed E-state index contributed by atoms with van der Waals surface area (Å²) in [6, 6.07) is 3.45. The van der Waals surface area contributed by atoms with Crippen LogP contribution in [0.1, 0.15) is 5.89 Å². The highest BCUT2D eigenvalue weighted by molar-refractivity contribution is 5.52. The summed E-state index contributed by atoms with van der Waals surface area (Å²) in [6.07, 6.45) is 1.68. The molecule has 0 aliphatic carbocycles. The van der Waals surface area contributed by atoms with Crippen LogP contribution < -0.4 is 10.9 Å². The van der Waals surface area contributed by atoms with Crippen molar-refractivity contribution in [2.24, 2.45) is 7.05 Å². The number of nitrogens with one attached hydrogen (secondary N) is 1. The summed E-state index contributed by atoms with van der Waals surface area (Å²) < 4.78 is 6.46. The van der Waals surface area contributed by atoms with E-state index in [2.05, 4.69) is 15.5 Å². The maximum Gasteiger partial charge on any atom is 0.261 e. The van der Waals surface area contributed by atoms with Crippen LogP contribution in [0.25, 0.3) is 11.4 Å². The molecule has 2 rings (SSSR count). The molecule has 6 heteroatoms. The molecule has 0 amide bonds. The highest BCUT2D eigenvalue weighted by Crippen LogP contribution is 2.10. The Kier molecular flexibility index (Phi) is 2.82. The Hall–Kier alpha value is -1.95. The second-order valence-electron chi connectivity index (χ2n) is 3.38. The number of pyridine rings is 1. The van der Waals surface area contributed by atoms with Crippen LogP contribution in [0, 0.1) is 0 Å². The number of rotatable bonds is 3. The minimum Gasteiger partial charge on any atom is -0.338 e. The average Bonchev–Trinajstić information content (AvgIpc) is 2.71. The zero-order chi connectivity index (χ0) is 11.5. The minimum absolute atomic E-state index is 0.140. The van der Waals surface area contributed by atoms with E-state index in [4.69, 9.17) is 4.52 Å². The van der Waals surface area contributed by atoms with Gasteiger partial charge in [0.05, 0.1) is 12.1 Å². The van der Waals surface area contributed by atoms with Crippen LogP contribution >= 0.6 is 0 Å². The van der Waals surface area contributed by atoms with Crippen LogP contribution in [0.2, 0.25) is 0 Å². The van der Waals surface area contributed by atoms with Gasteiger partial charge in [-0.05, 0) is 19.2 Å². The van der Waals surface area contributed by atoms with Crippen molar-refractivity contribution >= 4 is 0 Å². The van der Waals surface area contributed by atoms with Crippen molar-refractivity contribution in [1.82, 2.24) is 20.0 Å². The van der Waals surface area contributed by atoms with Gasteiger partial charge >= 0.3 is 0 Å². The third-order valence-electron chi connectivity index (χ3n) is 2.16. The molecule has 84 valence electrons. The molecule has 2 heterocycles. The van der Waals surface area contributed by atoms with Gasteiger partial charge < -0.3 is 14.4 Å². The SMILES string of the molecule is CNCc1nc(-c2cccn(C)c2=O)no1. The molecule has 0 bridgehead atoms. The Labute approximate surface area is 91.9 Å². The van der Waals surface area contributed by atoms with Gasteiger partial charge in [-0.3, -0.25) is 4.79 Å². The van der Waals surface area contributed by atoms with Crippen molar-refractivity contribution in [1.29, 1.82) is 0 Å². The molecule has 0 saturated carbocycles. The fourth-order valence-electron chi connectivity index (χ4n) is 1.35. The van der Waals surface area contributed by atoms with Gasteiger partial charge in [0.15, 0.2) is 0 Å². The number of hydrogen-bond donors (Lipinski definition) is 1. The van der Waals surface area contributed by atoms with Crippen LogP contribution in [0.4, 0.5) is 0 Å². The van der Waals surface area contributed by atoms with Gasteiger partial charge in [0.1, 0.15) is 0 Å². The summed E-state index contributed by atoms with van der Waals surface area (Å²) >= 11 is 0. The maximum absolute atomic E-state index is 11.8. The predicted octanol–water partition coefficient (Wildman–Crippen LogP) is 0.155. The zero-order valence-corrected chi connectivity index (χ0v) is 9.10. The largest absolute Gasteiger partial charge is 0.338 e. The summed E-state index contributed by atoms with van der Waals surface area (Å²) in [6.45, 7) is 0.486. The van der Waals surface area contributed by atoms with Gasteiger partial charge in [0, 0.05) is 13.2 Å². The first-order chi connectivity index (χ1) is 7.72. The van der Waals surface area contributed by atoms with Gasteiger partial charge in [-0.25, -0.2) is 0 Å². The first kappa shape index (κ1) is 10.6. The lowest BCUT2D eigenvalue weighted by Crippen LogP contribution is -2.17. The van der Waals surface area contributed by atoms with E-state index in [1.165, 1.54) is 4.57 Å². The van der Waals surface area contributed by atoms with Gasteiger partial charge in [-0.15, -0.1) is 0 Å². The van der Waals surface area contributed by atoms with Crippen molar-refractivity contribution in [2.75, 3.05) is 7.05 Å². The predicted molar refractivity (Wildman–Crippen MR) is 57.7 cm³/mol. The number of aromatic nitrogens is 3. The number of nitrogens with zero attached hydrogens (tertiary/aromatic N) is 3. The summed E-state index contributed by atoms with van der Waals surface area (Å²) in [5, 5.41) is 6.66. The van der Waals surface area contributed by atoms with E-state index in [-0.39, 0.29) is 5.56 Å². The van der Waals surface area contributed by atoms with Gasteiger partial charge in [0.25, 0.3) is 5.56 Å². The third-order valence-corrected chi connectivity index (χ3v) is 2.16. The van der Waals surface area contributed by atoms with Crippen LogP contribution in [-0.4, -0.2) is 21.8 Å². The lowest BCUT2D eigenvalue weighted by atomic mass is 10.2. The fraction of sp³-hybridized carbons (Fsp3) is 0.300. The number of aryl methyl sites for hydroxylation is 1. The van der Waals surface area contributed by atoms with E-state index in [1.54, 1.807) is 32.4 Å². The Bertz CT molecular complexity index is 544. The van der Waals surface area contributed by atoms with Crippen molar-refractivity contribution < 1.29 is 4.52 Å². The second-order valence-corrected chi connectivity index (χ2v) is 3.38. The van der Waals surface area contributed by atoms with Crippen molar-refractivity contribution in [3.63, 3.8) is 0 Å². The Morgan fingerprint density at radius 1 is 1.56 bits per heavy atom. The normalized spacial score (nSPS) is 10.6. The van der Waals surface area contributed by atoms with Crippen LogP contribution in [-0.2, 0) is 13.6 Å². The van der Waals surface area contributed by atoms with Crippen LogP contribution in [0.3, 0.4) is 0 Å². The molecule has 0 unspecified atom stereocenters. The molecule has 0 radical (unpaired) electrons. The standard InChI is InChI=1S/C10H12N4O2/c1-11-6-8-12-9(13-16-8)7-4-3-5-14(2)10(7)15/h3-5,11H,6H2,1-2H3. The van der Waals surface area contributed by atoms with Gasteiger partial charge in [-0.2, -0.15) is 4.98 Å². The minimum atomic E-state index is -0.140. The summed E-state index contributed by atoms with van der Waals surface area (Å²) in [5.41, 5.74) is 0.301. The lowest BCUT2D eigenvalue weighted by molar-refractivity contribution is 0.372. The Balaban J connectivity index is 2.43. The molecular weight excluding hydrogens is 208 g/mol. The fourth-order valence-corrected chi connectivity index (χ4v) is 1.35. The van der Waals surface area contributed by atoms with Crippen molar-refractivity contribution in [2.45, 2.75) is 6.54 Å². The van der Waals surface area contributed by atoms with Crippen LogP contribution in [0.5, 0.6) is 0 Å². The van der Waals surface area contributed by atoms with Crippen LogP contribution in [0.15, 0.2) is 27.6 Å². The van der Waals surface area contributed by atoms with E-state index in [1.807, 2.05) is 0 Å². The van der Waals surface area contributed by atoms with E-state index >= 15 is 0 Å². The topological polar surface area (TPSA) is 73.0 Å². The first-order valence-corrected chi connectivity index (χ1v) is 4.85. The van der Waals surface area contributed by atoms with E-state index < -0.39 is 0 Å². The van der Waals surface area contributed by atoms with E-state index in [0.717, 1.165) is 0 Å². The monoisotopic (exact) mass is 220 g/mol. The molecule has 2 aromatic heterocycles. The van der Waals surface area contributed by atoms with Gasteiger partial charge in [-0.1, -0.05) is 5.16 Å². The maximum atomic E-state index is 11.8. The molecule has 1 N–H and O–H groups in total. The highest BCUT2D eigenvalue weighted by Gasteiger charge is 2.11. The molecule has 0 fully saturated rings. The molecule has 16 heavy (non-hydrogen) atoms. The van der Waals surface area contributed by atoms with Gasteiger partial charge in [0.2, 0.25) is 11.7 Å². The quantitative estimate of drug-likeness (QED) is 0.797. The average molecular weight is 220 g/mol. The molecule has 0 saturated heterocycles. The molecule has 0 spiro atoms. The molecule has 2 aromatic rings. The lowest BCUT2D eigenvalue weighted by Gasteiger charge is -1.97. The number of hydrogen-bond acceptors (Lipinski definition) is 5. The zero-order valence-electron chi connectivity index (χ0n) is 9.10.